The predicted octanol–water partition coefficient (Wildman–Crippen LogP) is 3.87. The van der Waals surface area contributed by atoms with Crippen LogP contribution in [0.25, 0.3) is 11.1 Å². The molecule has 0 N–H and O–H groups in total. The molecule has 7 nitrogen and oxygen atoms in total. The summed E-state index contributed by atoms with van der Waals surface area (Å²) in [6.07, 6.45) is 3.55. The Labute approximate surface area is 197 Å². The summed E-state index contributed by atoms with van der Waals surface area (Å²) in [4.78, 5) is 46.9. The molecule has 2 heterocycles. The normalized spacial score (nSPS) is 16.8. The van der Waals surface area contributed by atoms with E-state index in [9.17, 15) is 18.8 Å². The largest absolute Gasteiger partial charge is 0.468 e. The van der Waals surface area contributed by atoms with Crippen molar-refractivity contribution in [3.63, 3.8) is 0 Å². The van der Waals surface area contributed by atoms with E-state index in [0.717, 1.165) is 29.7 Å². The Bertz CT molecular complexity index is 1020. The first-order chi connectivity index (χ1) is 15.8. The smallest absolute Gasteiger partial charge is 0.316 e. The molecular weight excluding hydrogens is 445 g/mol. The fourth-order valence-corrected chi connectivity index (χ4v) is 4.68. The first-order valence-electron chi connectivity index (χ1n) is 10.9. The SMILES string of the molecule is COC(=O)CSc1ncc(-c2ccc(F)cc2)c([C@H]2CCCN(C(=O)[C@H](C)CC(C)=O)C2)n1. The molecule has 1 saturated heterocycles. The minimum absolute atomic E-state index is 0.00826. The highest BCUT2D eigenvalue weighted by Gasteiger charge is 2.30. The zero-order chi connectivity index (χ0) is 24.0. The number of thioether (sulfide) groups is 1. The van der Waals surface area contributed by atoms with Crippen molar-refractivity contribution in [2.45, 2.75) is 44.2 Å². The van der Waals surface area contributed by atoms with Crippen LogP contribution in [0.15, 0.2) is 35.6 Å². The minimum atomic E-state index is -0.373. The molecule has 1 aliphatic heterocycles. The van der Waals surface area contributed by atoms with Crippen LogP contribution in [0, 0.1) is 11.7 Å². The van der Waals surface area contributed by atoms with Crippen molar-refractivity contribution in [1.29, 1.82) is 0 Å². The number of Topliss-reactive ketones (excluding diaryl/α,β-unsaturated/α-hetero) is 1. The Morgan fingerprint density at radius 1 is 1.27 bits per heavy atom. The molecule has 33 heavy (non-hydrogen) atoms. The van der Waals surface area contributed by atoms with Gasteiger partial charge in [-0.25, -0.2) is 14.4 Å². The summed E-state index contributed by atoms with van der Waals surface area (Å²) in [5.74, 6) is -1.08. The molecular formula is C24H28FN3O4S. The molecule has 9 heteroatoms. The lowest BCUT2D eigenvalue weighted by atomic mass is 9.89. The summed E-state index contributed by atoms with van der Waals surface area (Å²) in [6.45, 7) is 4.39. The topological polar surface area (TPSA) is 89.5 Å². The predicted molar refractivity (Wildman–Crippen MR) is 123 cm³/mol. The number of halogens is 1. The fourth-order valence-electron chi connectivity index (χ4n) is 4.02. The number of benzene rings is 1. The van der Waals surface area contributed by atoms with Gasteiger partial charge in [0.1, 0.15) is 11.6 Å². The number of nitrogens with zero attached hydrogens (tertiary/aromatic N) is 3. The molecule has 1 fully saturated rings. The van der Waals surface area contributed by atoms with Crippen LogP contribution in [0.5, 0.6) is 0 Å². The second-order valence-corrected chi connectivity index (χ2v) is 9.20. The van der Waals surface area contributed by atoms with Crippen LogP contribution >= 0.6 is 11.8 Å². The van der Waals surface area contributed by atoms with Crippen LogP contribution in [0.2, 0.25) is 0 Å². The third kappa shape index (κ3) is 6.60. The number of likely N-dealkylation sites (tertiary alicyclic amines) is 1. The number of carbonyl (C=O) groups excluding carboxylic acids is 3. The van der Waals surface area contributed by atoms with E-state index < -0.39 is 0 Å². The monoisotopic (exact) mass is 473 g/mol. The lowest BCUT2D eigenvalue weighted by molar-refractivity contribution is -0.138. The van der Waals surface area contributed by atoms with Gasteiger partial charge in [0, 0.05) is 43.1 Å². The van der Waals surface area contributed by atoms with Crippen LogP contribution in [0.4, 0.5) is 4.39 Å². The summed E-state index contributed by atoms with van der Waals surface area (Å²) in [5, 5.41) is 0.439. The zero-order valence-corrected chi connectivity index (χ0v) is 19.9. The van der Waals surface area contributed by atoms with Gasteiger partial charge in [-0.3, -0.25) is 9.59 Å². The van der Waals surface area contributed by atoms with Crippen LogP contribution in [-0.2, 0) is 19.1 Å². The standard InChI is InChI=1S/C24H28FN3O4S/c1-15(11-16(2)29)23(31)28-10-4-5-18(13-28)22-20(17-6-8-19(25)9-7-17)12-26-24(27-22)33-14-21(30)32-3/h6-9,12,15,18H,4-5,10-11,13-14H2,1-3H3/t15-,18+/m1/s1. The average molecular weight is 474 g/mol. The van der Waals surface area contributed by atoms with Crippen molar-refractivity contribution in [3.05, 3.63) is 42.0 Å². The maximum absolute atomic E-state index is 13.5. The molecule has 2 aromatic rings. The zero-order valence-electron chi connectivity index (χ0n) is 19.0. The van der Waals surface area contributed by atoms with E-state index in [0.29, 0.717) is 18.2 Å². The molecule has 0 aliphatic carbocycles. The number of ketones is 1. The lowest BCUT2D eigenvalue weighted by Crippen LogP contribution is -2.42. The van der Waals surface area contributed by atoms with Crippen molar-refractivity contribution < 1.29 is 23.5 Å². The van der Waals surface area contributed by atoms with Gasteiger partial charge in [0.05, 0.1) is 18.6 Å². The Balaban J connectivity index is 1.90. The molecule has 1 aromatic heterocycles. The van der Waals surface area contributed by atoms with E-state index in [4.69, 9.17) is 9.72 Å². The van der Waals surface area contributed by atoms with E-state index >= 15 is 0 Å². The Kier molecular flexibility index (Phi) is 8.55. The number of hydrogen-bond donors (Lipinski definition) is 0. The van der Waals surface area contributed by atoms with Crippen molar-refractivity contribution >= 4 is 29.4 Å². The lowest BCUT2D eigenvalue weighted by Gasteiger charge is -2.34. The number of methoxy groups -OCH3 is 1. The molecule has 0 spiro atoms. The third-order valence-corrected chi connectivity index (χ3v) is 6.47. The van der Waals surface area contributed by atoms with Gasteiger partial charge < -0.3 is 14.4 Å². The van der Waals surface area contributed by atoms with Gasteiger partial charge in [-0.05, 0) is 37.5 Å². The Morgan fingerprint density at radius 3 is 2.67 bits per heavy atom. The number of esters is 1. The maximum Gasteiger partial charge on any atom is 0.316 e. The first kappa shape index (κ1) is 24.8. The number of piperidine rings is 1. The van der Waals surface area contributed by atoms with Crippen LogP contribution in [0.1, 0.15) is 44.7 Å². The second-order valence-electron chi connectivity index (χ2n) is 8.25. The highest BCUT2D eigenvalue weighted by Crippen LogP contribution is 2.34. The van der Waals surface area contributed by atoms with Gasteiger partial charge in [0.2, 0.25) is 5.91 Å². The van der Waals surface area contributed by atoms with Crippen molar-refractivity contribution in [2.75, 3.05) is 26.0 Å². The molecule has 176 valence electrons. The summed E-state index contributed by atoms with van der Waals surface area (Å²) >= 11 is 1.18. The van der Waals surface area contributed by atoms with Crippen molar-refractivity contribution in [1.82, 2.24) is 14.9 Å². The van der Waals surface area contributed by atoms with Crippen LogP contribution in [-0.4, -0.2) is 58.5 Å². The highest BCUT2D eigenvalue weighted by molar-refractivity contribution is 7.99. The van der Waals surface area contributed by atoms with Gasteiger partial charge >= 0.3 is 5.97 Å². The molecule has 3 rings (SSSR count). The Morgan fingerprint density at radius 2 is 2.00 bits per heavy atom. The molecule has 0 radical (unpaired) electrons. The molecule has 2 atom stereocenters. The highest BCUT2D eigenvalue weighted by atomic mass is 32.2. The summed E-state index contributed by atoms with van der Waals surface area (Å²) < 4.78 is 18.2. The van der Waals surface area contributed by atoms with E-state index in [1.165, 1.54) is 37.9 Å². The second kappa shape index (κ2) is 11.4. The quantitative estimate of drug-likeness (QED) is 0.327. The van der Waals surface area contributed by atoms with E-state index in [1.54, 1.807) is 30.2 Å². The van der Waals surface area contributed by atoms with Crippen molar-refractivity contribution in [3.8, 4) is 11.1 Å². The molecule has 0 bridgehead atoms. The number of ether oxygens (including phenoxy) is 1. The minimum Gasteiger partial charge on any atom is -0.468 e. The fraction of sp³-hybridized carbons (Fsp3) is 0.458. The first-order valence-corrected chi connectivity index (χ1v) is 11.9. The number of carbonyl (C=O) groups is 3. The molecule has 1 aliphatic rings. The van der Waals surface area contributed by atoms with Gasteiger partial charge in [0.15, 0.2) is 5.16 Å². The maximum atomic E-state index is 13.5. The van der Waals surface area contributed by atoms with E-state index in [1.807, 2.05) is 0 Å². The third-order valence-electron chi connectivity index (χ3n) is 5.63. The summed E-state index contributed by atoms with van der Waals surface area (Å²) in [7, 11) is 1.33. The number of amides is 1. The van der Waals surface area contributed by atoms with Gasteiger partial charge in [-0.1, -0.05) is 30.8 Å². The number of hydrogen-bond acceptors (Lipinski definition) is 7. The van der Waals surface area contributed by atoms with Crippen molar-refractivity contribution in [2.24, 2.45) is 5.92 Å². The van der Waals surface area contributed by atoms with Crippen LogP contribution in [0.3, 0.4) is 0 Å². The Hall–Kier alpha value is -2.81. The van der Waals surface area contributed by atoms with Crippen LogP contribution < -0.4 is 0 Å². The number of rotatable bonds is 8. The summed E-state index contributed by atoms with van der Waals surface area (Å²) in [6, 6.07) is 6.14. The van der Waals surface area contributed by atoms with E-state index in [2.05, 4.69) is 4.98 Å². The average Bonchev–Trinajstić information content (AvgIpc) is 2.82. The van der Waals surface area contributed by atoms with Gasteiger partial charge in [-0.15, -0.1) is 0 Å². The van der Waals surface area contributed by atoms with E-state index in [-0.39, 0.29) is 47.5 Å². The molecule has 1 aromatic carbocycles. The molecule has 1 amide bonds. The number of aromatic nitrogens is 2. The molecule has 0 unspecified atom stereocenters. The van der Waals surface area contributed by atoms with Gasteiger partial charge in [0.25, 0.3) is 0 Å². The molecule has 0 saturated carbocycles. The summed E-state index contributed by atoms with van der Waals surface area (Å²) in [5.41, 5.74) is 2.32. The van der Waals surface area contributed by atoms with Gasteiger partial charge in [-0.2, -0.15) is 0 Å².